The lowest BCUT2D eigenvalue weighted by Gasteiger charge is -2.17. The van der Waals surface area contributed by atoms with Crippen LogP contribution in [-0.4, -0.2) is 52.3 Å². The van der Waals surface area contributed by atoms with Crippen LogP contribution < -0.4 is 16.2 Å². The van der Waals surface area contributed by atoms with Crippen LogP contribution in [0, 0.1) is 0 Å². The molecule has 0 aliphatic carbocycles. The lowest BCUT2D eigenvalue weighted by Crippen LogP contribution is -2.43. The molecule has 0 saturated carbocycles. The molecule has 1 aromatic carbocycles. The molecular weight excluding hydrogens is 346 g/mol. The van der Waals surface area contributed by atoms with Crippen LogP contribution in [-0.2, 0) is 11.3 Å². The SMILES string of the molecule is CC(=O)NC1CCN(C(=O)NCCn2nc(-c3ccccc3)ccc2=O)C1. The zero-order valence-electron chi connectivity index (χ0n) is 15.2. The number of carbonyl (C=O) groups excluding carboxylic acids is 2. The maximum absolute atomic E-state index is 12.2. The monoisotopic (exact) mass is 369 g/mol. The molecule has 0 spiro atoms. The van der Waals surface area contributed by atoms with Gasteiger partial charge in [0.25, 0.3) is 5.56 Å². The van der Waals surface area contributed by atoms with Gasteiger partial charge in [-0.1, -0.05) is 30.3 Å². The number of nitrogens with zero attached hydrogens (tertiary/aromatic N) is 3. The van der Waals surface area contributed by atoms with Gasteiger partial charge in [0.2, 0.25) is 5.91 Å². The van der Waals surface area contributed by atoms with Gasteiger partial charge in [-0.25, -0.2) is 9.48 Å². The highest BCUT2D eigenvalue weighted by Crippen LogP contribution is 2.14. The van der Waals surface area contributed by atoms with E-state index in [4.69, 9.17) is 0 Å². The molecule has 1 fully saturated rings. The Morgan fingerprint density at radius 2 is 1.96 bits per heavy atom. The van der Waals surface area contributed by atoms with Crippen LogP contribution in [0.3, 0.4) is 0 Å². The summed E-state index contributed by atoms with van der Waals surface area (Å²) >= 11 is 0. The van der Waals surface area contributed by atoms with Gasteiger partial charge in [0, 0.05) is 44.2 Å². The van der Waals surface area contributed by atoms with E-state index in [1.54, 1.807) is 11.0 Å². The third-order valence-corrected chi connectivity index (χ3v) is 4.42. The molecule has 1 unspecified atom stereocenters. The first kappa shape index (κ1) is 18.6. The maximum atomic E-state index is 12.2. The number of nitrogens with one attached hydrogen (secondary N) is 2. The van der Waals surface area contributed by atoms with Gasteiger partial charge < -0.3 is 15.5 Å². The van der Waals surface area contributed by atoms with Gasteiger partial charge in [0.1, 0.15) is 0 Å². The first-order chi connectivity index (χ1) is 13.0. The van der Waals surface area contributed by atoms with Crippen molar-refractivity contribution in [3.8, 4) is 11.3 Å². The summed E-state index contributed by atoms with van der Waals surface area (Å²) in [5, 5.41) is 10.0. The van der Waals surface area contributed by atoms with Crippen molar-refractivity contribution < 1.29 is 9.59 Å². The second-order valence-electron chi connectivity index (χ2n) is 6.51. The molecule has 0 bridgehead atoms. The molecule has 27 heavy (non-hydrogen) atoms. The predicted octanol–water partition coefficient (Wildman–Crippen LogP) is 0.830. The normalized spacial score (nSPS) is 16.2. The van der Waals surface area contributed by atoms with Crippen molar-refractivity contribution >= 4 is 11.9 Å². The number of likely N-dealkylation sites (tertiary alicyclic amines) is 1. The van der Waals surface area contributed by atoms with Crippen molar-refractivity contribution in [2.75, 3.05) is 19.6 Å². The van der Waals surface area contributed by atoms with Crippen LogP contribution in [0.15, 0.2) is 47.3 Å². The van der Waals surface area contributed by atoms with E-state index >= 15 is 0 Å². The largest absolute Gasteiger partial charge is 0.352 e. The van der Waals surface area contributed by atoms with Crippen molar-refractivity contribution in [1.29, 1.82) is 0 Å². The summed E-state index contributed by atoms with van der Waals surface area (Å²) in [6.07, 6.45) is 0.743. The number of rotatable bonds is 5. The van der Waals surface area contributed by atoms with E-state index in [-0.39, 0.29) is 30.1 Å². The highest BCUT2D eigenvalue weighted by atomic mass is 16.2. The first-order valence-electron chi connectivity index (χ1n) is 8.96. The molecule has 1 aliphatic rings. The van der Waals surface area contributed by atoms with Gasteiger partial charge in [0.15, 0.2) is 0 Å². The van der Waals surface area contributed by atoms with E-state index < -0.39 is 0 Å². The number of hydrogen-bond acceptors (Lipinski definition) is 4. The summed E-state index contributed by atoms with van der Waals surface area (Å²) in [5.74, 6) is -0.0917. The molecule has 142 valence electrons. The summed E-state index contributed by atoms with van der Waals surface area (Å²) in [7, 11) is 0. The number of urea groups is 1. The van der Waals surface area contributed by atoms with Crippen molar-refractivity contribution in [3.05, 3.63) is 52.8 Å². The van der Waals surface area contributed by atoms with Crippen molar-refractivity contribution in [2.45, 2.75) is 25.9 Å². The molecule has 0 radical (unpaired) electrons. The van der Waals surface area contributed by atoms with Crippen LogP contribution in [0.4, 0.5) is 4.79 Å². The minimum absolute atomic E-state index is 0.0000834. The van der Waals surface area contributed by atoms with Crippen LogP contribution >= 0.6 is 0 Å². The lowest BCUT2D eigenvalue weighted by molar-refractivity contribution is -0.119. The summed E-state index contributed by atoms with van der Waals surface area (Å²) in [6.45, 7) is 3.14. The third-order valence-electron chi connectivity index (χ3n) is 4.42. The average molecular weight is 369 g/mol. The molecule has 1 saturated heterocycles. The number of aromatic nitrogens is 2. The van der Waals surface area contributed by atoms with E-state index in [1.165, 1.54) is 17.7 Å². The van der Waals surface area contributed by atoms with Crippen molar-refractivity contribution in [3.63, 3.8) is 0 Å². The van der Waals surface area contributed by atoms with Crippen molar-refractivity contribution in [1.82, 2.24) is 25.3 Å². The van der Waals surface area contributed by atoms with E-state index in [9.17, 15) is 14.4 Å². The Morgan fingerprint density at radius 1 is 1.19 bits per heavy atom. The quantitative estimate of drug-likeness (QED) is 0.816. The molecular formula is C19H23N5O3. The van der Waals surface area contributed by atoms with Gasteiger partial charge in [0.05, 0.1) is 12.2 Å². The zero-order chi connectivity index (χ0) is 19.2. The Morgan fingerprint density at radius 3 is 2.70 bits per heavy atom. The standard InChI is InChI=1S/C19H23N5O3/c1-14(25)21-16-9-11-23(13-16)19(27)20-10-12-24-18(26)8-7-17(22-24)15-5-3-2-4-6-15/h2-8,16H,9-13H2,1H3,(H,20,27)(H,21,25). The third kappa shape index (κ3) is 4.93. The molecule has 3 rings (SSSR count). The van der Waals surface area contributed by atoms with E-state index in [0.717, 1.165) is 12.0 Å². The van der Waals surface area contributed by atoms with Crippen LogP contribution in [0.25, 0.3) is 11.3 Å². The Balaban J connectivity index is 1.54. The first-order valence-corrected chi connectivity index (χ1v) is 8.96. The molecule has 8 heteroatoms. The molecule has 2 heterocycles. The minimum atomic E-state index is -0.212. The number of hydrogen-bond donors (Lipinski definition) is 2. The number of benzene rings is 1. The summed E-state index contributed by atoms with van der Waals surface area (Å²) in [4.78, 5) is 37.0. The fourth-order valence-corrected chi connectivity index (χ4v) is 3.10. The van der Waals surface area contributed by atoms with Gasteiger partial charge in [-0.2, -0.15) is 5.10 Å². The van der Waals surface area contributed by atoms with Gasteiger partial charge in [-0.3, -0.25) is 9.59 Å². The van der Waals surface area contributed by atoms with Crippen molar-refractivity contribution in [2.24, 2.45) is 0 Å². The average Bonchev–Trinajstić information content (AvgIpc) is 3.12. The lowest BCUT2D eigenvalue weighted by atomic mass is 10.1. The Kier molecular flexibility index (Phi) is 5.85. The van der Waals surface area contributed by atoms with Gasteiger partial charge in [-0.15, -0.1) is 0 Å². The topological polar surface area (TPSA) is 96.3 Å². The molecule has 2 aromatic rings. The number of amides is 3. The Bertz CT molecular complexity index is 865. The molecule has 8 nitrogen and oxygen atoms in total. The van der Waals surface area contributed by atoms with E-state index in [2.05, 4.69) is 15.7 Å². The highest BCUT2D eigenvalue weighted by molar-refractivity contribution is 5.75. The van der Waals surface area contributed by atoms with Crippen LogP contribution in [0.2, 0.25) is 0 Å². The van der Waals surface area contributed by atoms with E-state index in [1.807, 2.05) is 30.3 Å². The molecule has 3 amide bonds. The highest BCUT2D eigenvalue weighted by Gasteiger charge is 2.26. The zero-order valence-corrected chi connectivity index (χ0v) is 15.2. The smallest absolute Gasteiger partial charge is 0.317 e. The summed E-state index contributed by atoms with van der Waals surface area (Å²) in [6, 6.07) is 12.6. The second kappa shape index (κ2) is 8.48. The minimum Gasteiger partial charge on any atom is -0.352 e. The fourth-order valence-electron chi connectivity index (χ4n) is 3.10. The predicted molar refractivity (Wildman–Crippen MR) is 101 cm³/mol. The molecule has 1 aromatic heterocycles. The second-order valence-corrected chi connectivity index (χ2v) is 6.51. The Labute approximate surface area is 157 Å². The number of carbonyl (C=O) groups is 2. The molecule has 1 atom stereocenters. The summed E-state index contributed by atoms with van der Waals surface area (Å²) in [5.41, 5.74) is 1.42. The summed E-state index contributed by atoms with van der Waals surface area (Å²) < 4.78 is 1.35. The molecule has 1 aliphatic heterocycles. The van der Waals surface area contributed by atoms with Crippen LogP contribution in [0.1, 0.15) is 13.3 Å². The molecule has 2 N–H and O–H groups in total. The van der Waals surface area contributed by atoms with Gasteiger partial charge in [-0.05, 0) is 12.5 Å². The van der Waals surface area contributed by atoms with E-state index in [0.29, 0.717) is 25.3 Å². The Hall–Kier alpha value is -3.16. The van der Waals surface area contributed by atoms with Gasteiger partial charge >= 0.3 is 6.03 Å². The van der Waals surface area contributed by atoms with Crippen LogP contribution in [0.5, 0.6) is 0 Å². The fraction of sp³-hybridized carbons (Fsp3) is 0.368. The maximum Gasteiger partial charge on any atom is 0.317 e.